The van der Waals surface area contributed by atoms with Crippen molar-refractivity contribution in [1.29, 1.82) is 0 Å². The Balaban J connectivity index is 2.44. The van der Waals surface area contributed by atoms with Crippen molar-refractivity contribution in [3.05, 3.63) is 21.9 Å². The Labute approximate surface area is 117 Å². The molecule has 0 unspecified atom stereocenters. The maximum absolute atomic E-state index is 11.6. The maximum Gasteiger partial charge on any atom is 0.246 e. The monoisotopic (exact) mass is 281 g/mol. The lowest BCUT2D eigenvalue weighted by molar-refractivity contribution is -0.130. The molecule has 1 rings (SSSR count). The van der Waals surface area contributed by atoms with Crippen LogP contribution in [-0.2, 0) is 16.1 Å². The fourth-order valence-corrected chi connectivity index (χ4v) is 2.01. The Kier molecular flexibility index (Phi) is 6.03. The van der Waals surface area contributed by atoms with Gasteiger partial charge in [-0.1, -0.05) is 11.8 Å². The van der Waals surface area contributed by atoms with Crippen molar-refractivity contribution < 1.29 is 14.6 Å². The van der Waals surface area contributed by atoms with E-state index in [1.54, 1.807) is 0 Å². The van der Waals surface area contributed by atoms with Crippen LogP contribution in [0, 0.1) is 11.8 Å². The molecule has 1 heterocycles. The van der Waals surface area contributed by atoms with Gasteiger partial charge in [-0.15, -0.1) is 11.3 Å². The summed E-state index contributed by atoms with van der Waals surface area (Å²) in [6.07, 6.45) is 0. The summed E-state index contributed by atoms with van der Waals surface area (Å²) in [5.74, 6) is 5.30. The average Bonchev–Trinajstić information content (AvgIpc) is 2.77. The van der Waals surface area contributed by atoms with Gasteiger partial charge in [0.2, 0.25) is 5.91 Å². The molecule has 0 aliphatic carbocycles. The molecule has 104 valence electrons. The minimum Gasteiger partial charge on any atom is -0.384 e. The topological polar surface area (TPSA) is 58.6 Å². The van der Waals surface area contributed by atoms with E-state index in [-0.39, 0.29) is 24.7 Å². The summed E-state index contributed by atoms with van der Waals surface area (Å²) in [6, 6.07) is 1.88. The van der Waals surface area contributed by atoms with Gasteiger partial charge in [0.15, 0.2) is 0 Å². The molecular formula is C14H19NO3S. The number of hydrogen-bond acceptors (Lipinski definition) is 4. The molecule has 0 radical (unpaired) electrons. The van der Waals surface area contributed by atoms with Crippen LogP contribution in [0.1, 0.15) is 31.2 Å². The molecule has 0 aromatic carbocycles. The molecule has 5 heteroatoms. The van der Waals surface area contributed by atoms with E-state index >= 15 is 0 Å². The smallest absolute Gasteiger partial charge is 0.246 e. The molecule has 0 bridgehead atoms. The molecular weight excluding hydrogens is 262 g/mol. The second-order valence-electron chi connectivity index (χ2n) is 4.90. The van der Waals surface area contributed by atoms with Crippen molar-refractivity contribution in [3.8, 4) is 11.8 Å². The first-order valence-electron chi connectivity index (χ1n) is 5.99. The Morgan fingerprint density at radius 2 is 2.26 bits per heavy atom. The van der Waals surface area contributed by atoms with Crippen LogP contribution in [0.3, 0.4) is 0 Å². The van der Waals surface area contributed by atoms with E-state index < -0.39 is 0 Å². The minimum absolute atomic E-state index is 0.0481. The van der Waals surface area contributed by atoms with Crippen molar-refractivity contribution >= 4 is 17.2 Å². The third-order valence-corrected chi connectivity index (χ3v) is 3.05. The minimum atomic E-state index is -0.321. The van der Waals surface area contributed by atoms with Crippen molar-refractivity contribution in [1.82, 2.24) is 5.32 Å². The fourth-order valence-electron chi connectivity index (χ4n) is 1.24. The molecule has 0 aliphatic heterocycles. The summed E-state index contributed by atoms with van der Waals surface area (Å²) in [7, 11) is 0. The number of carbonyl (C=O) groups is 1. The van der Waals surface area contributed by atoms with E-state index in [4.69, 9.17) is 9.84 Å². The first-order valence-corrected chi connectivity index (χ1v) is 6.87. The van der Waals surface area contributed by atoms with Crippen LogP contribution in [-0.4, -0.2) is 29.8 Å². The highest BCUT2D eigenvalue weighted by Gasteiger charge is 2.13. The normalized spacial score (nSPS) is 10.7. The van der Waals surface area contributed by atoms with E-state index in [1.165, 1.54) is 11.3 Å². The van der Waals surface area contributed by atoms with Gasteiger partial charge in [-0.05, 0) is 32.2 Å². The first-order chi connectivity index (χ1) is 8.92. The summed E-state index contributed by atoms with van der Waals surface area (Å²) in [5, 5.41) is 13.4. The molecule has 0 fully saturated rings. The maximum atomic E-state index is 11.6. The summed E-state index contributed by atoms with van der Waals surface area (Å²) in [5.41, 5.74) is 0.522. The number of rotatable bonds is 4. The molecule has 1 aromatic heterocycles. The molecule has 0 saturated carbocycles. The van der Waals surface area contributed by atoms with Gasteiger partial charge in [-0.2, -0.15) is 0 Å². The summed E-state index contributed by atoms with van der Waals surface area (Å²) >= 11 is 1.53. The SMILES string of the molecule is CC(C)(C)OCC(=O)NCc1sccc1C#CCO. The first kappa shape index (κ1) is 15.7. The van der Waals surface area contributed by atoms with Crippen LogP contribution in [0.25, 0.3) is 0 Å². The molecule has 0 saturated heterocycles. The lowest BCUT2D eigenvalue weighted by Gasteiger charge is -2.18. The fraction of sp³-hybridized carbons (Fsp3) is 0.500. The van der Waals surface area contributed by atoms with Crippen LogP contribution in [0.5, 0.6) is 0 Å². The molecule has 1 amide bonds. The van der Waals surface area contributed by atoms with Gasteiger partial charge in [0.05, 0.1) is 12.1 Å². The van der Waals surface area contributed by atoms with Crippen molar-refractivity contribution in [2.24, 2.45) is 0 Å². The Morgan fingerprint density at radius 3 is 2.89 bits per heavy atom. The number of carbonyl (C=O) groups excluding carboxylic acids is 1. The van der Waals surface area contributed by atoms with Gasteiger partial charge in [0.25, 0.3) is 0 Å². The lowest BCUT2D eigenvalue weighted by Crippen LogP contribution is -2.31. The van der Waals surface area contributed by atoms with Gasteiger partial charge in [-0.25, -0.2) is 0 Å². The molecule has 1 aromatic rings. The molecule has 0 aliphatic rings. The van der Waals surface area contributed by atoms with Crippen LogP contribution >= 0.6 is 11.3 Å². The van der Waals surface area contributed by atoms with Crippen LogP contribution in [0.15, 0.2) is 11.4 Å². The van der Waals surface area contributed by atoms with Crippen molar-refractivity contribution in [2.75, 3.05) is 13.2 Å². The zero-order valence-corrected chi connectivity index (χ0v) is 12.3. The van der Waals surface area contributed by atoms with Gasteiger partial charge in [-0.3, -0.25) is 4.79 Å². The van der Waals surface area contributed by atoms with Crippen molar-refractivity contribution in [2.45, 2.75) is 32.9 Å². The van der Waals surface area contributed by atoms with E-state index in [1.807, 2.05) is 32.2 Å². The highest BCUT2D eigenvalue weighted by atomic mass is 32.1. The van der Waals surface area contributed by atoms with Crippen LogP contribution in [0.2, 0.25) is 0 Å². The average molecular weight is 281 g/mol. The molecule has 2 N–H and O–H groups in total. The number of hydrogen-bond donors (Lipinski definition) is 2. The van der Waals surface area contributed by atoms with Crippen LogP contribution < -0.4 is 5.32 Å². The zero-order chi connectivity index (χ0) is 14.3. The van der Waals surface area contributed by atoms with E-state index in [0.717, 1.165) is 10.4 Å². The molecule has 4 nitrogen and oxygen atoms in total. The quantitative estimate of drug-likeness (QED) is 0.823. The van der Waals surface area contributed by atoms with Crippen molar-refractivity contribution in [3.63, 3.8) is 0 Å². The predicted molar refractivity (Wildman–Crippen MR) is 75.8 cm³/mol. The Bertz CT molecular complexity index is 477. The summed E-state index contributed by atoms with van der Waals surface area (Å²) in [4.78, 5) is 12.6. The Hall–Kier alpha value is -1.35. The zero-order valence-electron chi connectivity index (χ0n) is 11.4. The number of amides is 1. The summed E-state index contributed by atoms with van der Waals surface area (Å²) < 4.78 is 5.39. The second kappa shape index (κ2) is 7.29. The highest BCUT2D eigenvalue weighted by Crippen LogP contribution is 2.15. The number of aliphatic hydroxyl groups is 1. The van der Waals surface area contributed by atoms with E-state index in [9.17, 15) is 4.79 Å². The third-order valence-electron chi connectivity index (χ3n) is 2.13. The Morgan fingerprint density at radius 1 is 1.53 bits per heavy atom. The largest absolute Gasteiger partial charge is 0.384 e. The molecule has 19 heavy (non-hydrogen) atoms. The number of ether oxygens (including phenoxy) is 1. The van der Waals surface area contributed by atoms with Gasteiger partial charge in [0, 0.05) is 10.4 Å². The predicted octanol–water partition coefficient (Wildman–Crippen LogP) is 1.52. The number of thiophene rings is 1. The van der Waals surface area contributed by atoms with Crippen LogP contribution in [0.4, 0.5) is 0 Å². The van der Waals surface area contributed by atoms with E-state index in [2.05, 4.69) is 17.2 Å². The second-order valence-corrected chi connectivity index (χ2v) is 5.90. The van der Waals surface area contributed by atoms with Gasteiger partial charge >= 0.3 is 0 Å². The highest BCUT2D eigenvalue weighted by molar-refractivity contribution is 7.10. The lowest BCUT2D eigenvalue weighted by atomic mass is 10.2. The third kappa shape index (κ3) is 6.39. The van der Waals surface area contributed by atoms with Gasteiger partial charge in [0.1, 0.15) is 13.2 Å². The number of nitrogens with one attached hydrogen (secondary N) is 1. The van der Waals surface area contributed by atoms with Gasteiger partial charge < -0.3 is 15.2 Å². The number of aliphatic hydroxyl groups excluding tert-OH is 1. The summed E-state index contributed by atoms with van der Waals surface area (Å²) in [6.45, 7) is 6.03. The van der Waals surface area contributed by atoms with E-state index in [0.29, 0.717) is 6.54 Å². The molecule has 0 spiro atoms. The molecule has 0 atom stereocenters. The standard InChI is InChI=1S/C14H19NO3S/c1-14(2,3)18-10-13(17)15-9-12-11(5-4-7-16)6-8-19-12/h6,8,16H,7,9-10H2,1-3H3,(H,15,17).